The Morgan fingerprint density at radius 2 is 1.86 bits per heavy atom. The number of anilines is 1. The van der Waals surface area contributed by atoms with Crippen LogP contribution >= 0.6 is 15.9 Å². The number of hydrogen-bond donors (Lipinski definition) is 3. The molecule has 0 bridgehead atoms. The maximum absolute atomic E-state index is 12.1. The van der Waals surface area contributed by atoms with Gasteiger partial charge in [-0.15, -0.1) is 0 Å². The summed E-state index contributed by atoms with van der Waals surface area (Å²) in [5.41, 5.74) is 1.53. The number of aromatic carboxylic acids is 1. The van der Waals surface area contributed by atoms with Gasteiger partial charge in [-0.25, -0.2) is 4.79 Å². The van der Waals surface area contributed by atoms with Crippen LogP contribution in [-0.2, 0) is 0 Å². The number of nitrogens with one attached hydrogen (secondary N) is 1. The van der Waals surface area contributed by atoms with Gasteiger partial charge in [-0.1, -0.05) is 11.6 Å². The number of benzene rings is 2. The number of halogens is 1. The predicted molar refractivity (Wildman–Crippen MR) is 81.9 cm³/mol. The third kappa shape index (κ3) is 3.41. The van der Waals surface area contributed by atoms with E-state index in [1.807, 2.05) is 6.92 Å². The quantitative estimate of drug-likeness (QED) is 0.792. The monoisotopic (exact) mass is 349 g/mol. The van der Waals surface area contributed by atoms with Crippen molar-refractivity contribution in [1.82, 2.24) is 0 Å². The number of hydrogen-bond acceptors (Lipinski definition) is 3. The molecule has 0 saturated heterocycles. The van der Waals surface area contributed by atoms with Crippen molar-refractivity contribution >= 4 is 33.5 Å². The minimum atomic E-state index is -1.05. The SMILES string of the molecule is Cc1ccc(O)c(C(=O)Nc2ccc(C(=O)O)cc2Br)c1. The van der Waals surface area contributed by atoms with Gasteiger partial charge in [-0.2, -0.15) is 0 Å². The van der Waals surface area contributed by atoms with E-state index in [1.54, 1.807) is 12.1 Å². The Labute approximate surface area is 129 Å². The third-order valence-corrected chi connectivity index (χ3v) is 3.52. The van der Waals surface area contributed by atoms with E-state index in [2.05, 4.69) is 21.2 Å². The van der Waals surface area contributed by atoms with Crippen molar-refractivity contribution < 1.29 is 19.8 Å². The molecule has 0 unspecified atom stereocenters. The molecule has 0 aliphatic rings. The van der Waals surface area contributed by atoms with Crippen LogP contribution in [0.3, 0.4) is 0 Å². The van der Waals surface area contributed by atoms with Crippen LogP contribution < -0.4 is 5.32 Å². The summed E-state index contributed by atoms with van der Waals surface area (Å²) in [6, 6.07) is 8.99. The molecule has 0 aliphatic heterocycles. The van der Waals surface area contributed by atoms with E-state index in [0.29, 0.717) is 10.2 Å². The molecule has 21 heavy (non-hydrogen) atoms. The summed E-state index contributed by atoms with van der Waals surface area (Å²) in [5.74, 6) is -1.64. The van der Waals surface area contributed by atoms with E-state index >= 15 is 0 Å². The molecule has 3 N–H and O–H groups in total. The zero-order valence-corrected chi connectivity index (χ0v) is 12.6. The molecular weight excluding hydrogens is 338 g/mol. The standard InChI is InChI=1S/C15H12BrNO4/c1-8-2-5-13(18)10(6-8)14(19)17-12-4-3-9(15(20)21)7-11(12)16/h2-7,18H,1H3,(H,17,19)(H,20,21). The lowest BCUT2D eigenvalue weighted by Gasteiger charge is -2.10. The summed E-state index contributed by atoms with van der Waals surface area (Å²) in [5, 5.41) is 21.2. The van der Waals surface area contributed by atoms with Gasteiger partial charge in [0.25, 0.3) is 5.91 Å². The molecule has 0 atom stereocenters. The number of carboxylic acid groups (broad SMARTS) is 1. The van der Waals surface area contributed by atoms with E-state index in [0.717, 1.165) is 5.56 Å². The van der Waals surface area contributed by atoms with E-state index in [1.165, 1.54) is 24.3 Å². The first-order chi connectivity index (χ1) is 9.88. The van der Waals surface area contributed by atoms with E-state index < -0.39 is 11.9 Å². The highest BCUT2D eigenvalue weighted by Crippen LogP contribution is 2.26. The number of carboxylic acids is 1. The summed E-state index contributed by atoms with van der Waals surface area (Å²) < 4.78 is 0.447. The molecule has 5 nitrogen and oxygen atoms in total. The third-order valence-electron chi connectivity index (χ3n) is 2.86. The van der Waals surface area contributed by atoms with Crippen molar-refractivity contribution in [3.63, 3.8) is 0 Å². The Morgan fingerprint density at radius 1 is 1.14 bits per heavy atom. The van der Waals surface area contributed by atoms with Crippen molar-refractivity contribution in [3.05, 3.63) is 57.6 Å². The van der Waals surface area contributed by atoms with Gasteiger partial charge in [0.15, 0.2) is 0 Å². The minimum Gasteiger partial charge on any atom is -0.507 e. The van der Waals surface area contributed by atoms with Gasteiger partial charge in [0.2, 0.25) is 0 Å². The molecule has 0 spiro atoms. The van der Waals surface area contributed by atoms with E-state index in [-0.39, 0.29) is 16.9 Å². The van der Waals surface area contributed by atoms with Crippen molar-refractivity contribution in [2.45, 2.75) is 6.92 Å². The molecule has 6 heteroatoms. The molecule has 2 aromatic carbocycles. The molecule has 1 amide bonds. The van der Waals surface area contributed by atoms with Gasteiger partial charge < -0.3 is 15.5 Å². The van der Waals surface area contributed by atoms with Crippen molar-refractivity contribution in [2.75, 3.05) is 5.32 Å². The summed E-state index contributed by atoms with van der Waals surface area (Å²) >= 11 is 3.21. The second kappa shape index (κ2) is 5.97. The van der Waals surface area contributed by atoms with Gasteiger partial charge in [0, 0.05) is 4.47 Å². The van der Waals surface area contributed by atoms with Crippen LogP contribution in [0.2, 0.25) is 0 Å². The van der Waals surface area contributed by atoms with Gasteiger partial charge >= 0.3 is 5.97 Å². The van der Waals surface area contributed by atoms with Gasteiger partial charge in [-0.05, 0) is 53.2 Å². The summed E-state index contributed by atoms with van der Waals surface area (Å²) in [4.78, 5) is 23.0. The van der Waals surface area contributed by atoms with E-state index in [9.17, 15) is 14.7 Å². The fourth-order valence-corrected chi connectivity index (χ4v) is 2.25. The number of rotatable bonds is 3. The second-order valence-corrected chi connectivity index (χ2v) is 5.33. The van der Waals surface area contributed by atoms with Crippen LogP contribution in [-0.4, -0.2) is 22.1 Å². The first kappa shape index (κ1) is 15.1. The molecule has 0 aliphatic carbocycles. The number of carbonyl (C=O) groups is 2. The molecular formula is C15H12BrNO4. The highest BCUT2D eigenvalue weighted by molar-refractivity contribution is 9.10. The summed E-state index contributed by atoms with van der Waals surface area (Å²) in [6.07, 6.45) is 0. The Morgan fingerprint density at radius 3 is 2.48 bits per heavy atom. The normalized spacial score (nSPS) is 10.2. The topological polar surface area (TPSA) is 86.6 Å². The molecule has 0 aromatic heterocycles. The zero-order valence-electron chi connectivity index (χ0n) is 11.1. The lowest BCUT2D eigenvalue weighted by atomic mass is 10.1. The summed E-state index contributed by atoms with van der Waals surface area (Å²) in [6.45, 7) is 1.81. The Balaban J connectivity index is 2.27. The number of aryl methyl sites for hydroxylation is 1. The highest BCUT2D eigenvalue weighted by Gasteiger charge is 2.14. The first-order valence-corrected chi connectivity index (χ1v) is 6.81. The predicted octanol–water partition coefficient (Wildman–Crippen LogP) is 3.41. The fourth-order valence-electron chi connectivity index (χ4n) is 1.77. The molecule has 0 heterocycles. The van der Waals surface area contributed by atoms with Crippen LogP contribution in [0.15, 0.2) is 40.9 Å². The smallest absolute Gasteiger partial charge is 0.335 e. The number of aromatic hydroxyl groups is 1. The molecule has 0 radical (unpaired) electrons. The summed E-state index contributed by atoms with van der Waals surface area (Å²) in [7, 11) is 0. The molecule has 0 fully saturated rings. The van der Waals surface area contributed by atoms with Gasteiger partial charge in [0.05, 0.1) is 16.8 Å². The second-order valence-electron chi connectivity index (χ2n) is 4.47. The largest absolute Gasteiger partial charge is 0.507 e. The zero-order chi connectivity index (χ0) is 15.6. The van der Waals surface area contributed by atoms with Crippen LogP contribution in [0.25, 0.3) is 0 Å². The van der Waals surface area contributed by atoms with Crippen molar-refractivity contribution in [1.29, 1.82) is 0 Å². The minimum absolute atomic E-state index is 0.110. The maximum atomic E-state index is 12.1. The fraction of sp³-hybridized carbons (Fsp3) is 0.0667. The highest BCUT2D eigenvalue weighted by atomic mass is 79.9. The van der Waals surface area contributed by atoms with Gasteiger partial charge in [0.1, 0.15) is 5.75 Å². The first-order valence-electron chi connectivity index (χ1n) is 6.02. The maximum Gasteiger partial charge on any atom is 0.335 e. The average molecular weight is 350 g/mol. The Bertz CT molecular complexity index is 728. The van der Waals surface area contributed by atoms with E-state index in [4.69, 9.17) is 5.11 Å². The number of amides is 1. The van der Waals surface area contributed by atoms with Crippen LogP contribution in [0.4, 0.5) is 5.69 Å². The molecule has 0 saturated carbocycles. The Kier molecular flexibility index (Phi) is 4.28. The lowest BCUT2D eigenvalue weighted by molar-refractivity contribution is 0.0696. The van der Waals surface area contributed by atoms with Crippen molar-refractivity contribution in [3.8, 4) is 5.75 Å². The molecule has 2 aromatic rings. The van der Waals surface area contributed by atoms with Crippen LogP contribution in [0, 0.1) is 6.92 Å². The lowest BCUT2D eigenvalue weighted by Crippen LogP contribution is -2.13. The van der Waals surface area contributed by atoms with Crippen LogP contribution in [0.5, 0.6) is 5.75 Å². The van der Waals surface area contributed by atoms with Crippen LogP contribution in [0.1, 0.15) is 26.3 Å². The van der Waals surface area contributed by atoms with Gasteiger partial charge in [-0.3, -0.25) is 4.79 Å². The Hall–Kier alpha value is -2.34. The average Bonchev–Trinajstić information content (AvgIpc) is 2.43. The molecule has 2 rings (SSSR count). The molecule has 108 valence electrons. The van der Waals surface area contributed by atoms with Crippen molar-refractivity contribution in [2.24, 2.45) is 0 Å². The number of phenolic OH excluding ortho intramolecular Hbond substituents is 1. The number of phenols is 1. The number of carbonyl (C=O) groups excluding carboxylic acids is 1.